The molecule has 4 aromatic rings. The second-order valence-electron chi connectivity index (χ2n) is 9.37. The van der Waals surface area contributed by atoms with Gasteiger partial charge in [-0.25, -0.2) is 13.4 Å². The van der Waals surface area contributed by atoms with Gasteiger partial charge in [-0.05, 0) is 57.2 Å². The van der Waals surface area contributed by atoms with E-state index in [9.17, 15) is 13.2 Å². The van der Waals surface area contributed by atoms with Crippen molar-refractivity contribution in [2.24, 2.45) is 0 Å². The van der Waals surface area contributed by atoms with E-state index in [2.05, 4.69) is 10.3 Å². The fourth-order valence-electron chi connectivity index (χ4n) is 4.10. The second kappa shape index (κ2) is 12.1. The third-order valence-corrected chi connectivity index (χ3v) is 8.53. The standard InChI is InChI=1S/C29H31ClN4O5S/c1-19(2)34(40(36,37)24-13-6-20(3)7-14-24)18-28(35)32-29-31-25(21-8-10-22(30)11-9-21)17-33(29)23-12-15-26(38-4)27(16-23)39-5/h6-17,19H,18H2,1-5H3,(H,31,32,35). The van der Waals surface area contributed by atoms with Crippen LogP contribution in [-0.2, 0) is 14.8 Å². The highest BCUT2D eigenvalue weighted by Crippen LogP contribution is 2.32. The average Bonchev–Trinajstić information content (AvgIpc) is 3.35. The number of halogens is 1. The molecule has 0 radical (unpaired) electrons. The molecule has 210 valence electrons. The Hall–Kier alpha value is -3.86. The van der Waals surface area contributed by atoms with Crippen LogP contribution in [-0.4, -0.2) is 55.0 Å². The van der Waals surface area contributed by atoms with Crippen molar-refractivity contribution in [3.63, 3.8) is 0 Å². The van der Waals surface area contributed by atoms with E-state index in [0.717, 1.165) is 15.4 Å². The summed E-state index contributed by atoms with van der Waals surface area (Å²) in [5.41, 5.74) is 2.94. The van der Waals surface area contributed by atoms with Crippen molar-refractivity contribution < 1.29 is 22.7 Å². The van der Waals surface area contributed by atoms with E-state index in [1.807, 2.05) is 19.1 Å². The van der Waals surface area contributed by atoms with Crippen LogP contribution in [0.25, 0.3) is 16.9 Å². The van der Waals surface area contributed by atoms with Gasteiger partial charge in [-0.1, -0.05) is 41.4 Å². The van der Waals surface area contributed by atoms with Crippen LogP contribution in [0.2, 0.25) is 5.02 Å². The molecule has 4 rings (SSSR count). The van der Waals surface area contributed by atoms with Crippen LogP contribution in [0.1, 0.15) is 19.4 Å². The van der Waals surface area contributed by atoms with Crippen LogP contribution in [0.4, 0.5) is 5.95 Å². The zero-order chi connectivity index (χ0) is 29.0. The number of anilines is 1. The zero-order valence-corrected chi connectivity index (χ0v) is 24.5. The molecule has 0 saturated carbocycles. The lowest BCUT2D eigenvalue weighted by Crippen LogP contribution is -2.42. The van der Waals surface area contributed by atoms with Crippen LogP contribution in [0.3, 0.4) is 0 Å². The molecule has 0 aliphatic carbocycles. The number of ether oxygens (including phenoxy) is 2. The first kappa shape index (κ1) is 29.1. The summed E-state index contributed by atoms with van der Waals surface area (Å²) in [6.07, 6.45) is 1.77. The number of imidazole rings is 1. The summed E-state index contributed by atoms with van der Waals surface area (Å²) in [6, 6.07) is 18.5. The topological polar surface area (TPSA) is 103 Å². The molecular weight excluding hydrogens is 552 g/mol. The van der Waals surface area contributed by atoms with Gasteiger partial charge in [0.25, 0.3) is 0 Å². The second-order valence-corrected chi connectivity index (χ2v) is 11.7. The van der Waals surface area contributed by atoms with Gasteiger partial charge >= 0.3 is 0 Å². The Labute approximate surface area is 239 Å². The largest absolute Gasteiger partial charge is 0.493 e. The third-order valence-electron chi connectivity index (χ3n) is 6.25. The number of aryl methyl sites for hydroxylation is 1. The maximum atomic E-state index is 13.4. The van der Waals surface area contributed by atoms with Gasteiger partial charge in [0.1, 0.15) is 0 Å². The van der Waals surface area contributed by atoms with Crippen molar-refractivity contribution in [1.82, 2.24) is 13.9 Å². The van der Waals surface area contributed by atoms with Crippen LogP contribution < -0.4 is 14.8 Å². The van der Waals surface area contributed by atoms with E-state index < -0.39 is 28.5 Å². The van der Waals surface area contributed by atoms with E-state index in [4.69, 9.17) is 21.1 Å². The molecule has 3 aromatic carbocycles. The first-order valence-electron chi connectivity index (χ1n) is 12.5. The normalized spacial score (nSPS) is 11.6. The smallest absolute Gasteiger partial charge is 0.243 e. The lowest BCUT2D eigenvalue weighted by atomic mass is 10.2. The van der Waals surface area contributed by atoms with E-state index in [1.54, 1.807) is 86.3 Å². The van der Waals surface area contributed by atoms with Crippen LogP contribution in [0.5, 0.6) is 11.5 Å². The molecule has 0 bridgehead atoms. The number of aromatic nitrogens is 2. The highest BCUT2D eigenvalue weighted by Gasteiger charge is 2.29. The van der Waals surface area contributed by atoms with Gasteiger partial charge in [-0.15, -0.1) is 0 Å². The number of rotatable bonds is 10. The summed E-state index contributed by atoms with van der Waals surface area (Å²) in [7, 11) is -0.843. The van der Waals surface area contributed by atoms with Crippen molar-refractivity contribution >= 4 is 33.5 Å². The predicted octanol–water partition coefficient (Wildman–Crippen LogP) is 5.56. The number of amides is 1. The van der Waals surface area contributed by atoms with Gasteiger partial charge in [-0.2, -0.15) is 4.31 Å². The minimum atomic E-state index is -3.92. The van der Waals surface area contributed by atoms with E-state index in [0.29, 0.717) is 27.9 Å². The first-order valence-corrected chi connectivity index (χ1v) is 14.3. The summed E-state index contributed by atoms with van der Waals surface area (Å²) in [6.45, 7) is 4.93. The van der Waals surface area contributed by atoms with Gasteiger partial charge in [0.2, 0.25) is 21.9 Å². The molecule has 0 spiro atoms. The number of hydrogen-bond acceptors (Lipinski definition) is 6. The summed E-state index contributed by atoms with van der Waals surface area (Å²) >= 11 is 6.06. The summed E-state index contributed by atoms with van der Waals surface area (Å²) in [5.74, 6) is 0.705. The molecule has 1 amide bonds. The molecule has 9 nitrogen and oxygen atoms in total. The first-order chi connectivity index (χ1) is 19.0. The van der Waals surface area contributed by atoms with E-state index in [-0.39, 0.29) is 10.8 Å². The lowest BCUT2D eigenvalue weighted by molar-refractivity contribution is -0.116. The highest BCUT2D eigenvalue weighted by atomic mass is 35.5. The van der Waals surface area contributed by atoms with Crippen LogP contribution >= 0.6 is 11.6 Å². The molecule has 0 aliphatic heterocycles. The van der Waals surface area contributed by atoms with Crippen LogP contribution in [0.15, 0.2) is 77.8 Å². The predicted molar refractivity (Wildman–Crippen MR) is 156 cm³/mol. The summed E-state index contributed by atoms with van der Waals surface area (Å²) in [4.78, 5) is 18.1. The highest BCUT2D eigenvalue weighted by molar-refractivity contribution is 7.89. The van der Waals surface area contributed by atoms with Gasteiger partial charge in [0.15, 0.2) is 11.5 Å². The monoisotopic (exact) mass is 582 g/mol. The molecule has 40 heavy (non-hydrogen) atoms. The Bertz CT molecular complexity index is 1600. The maximum Gasteiger partial charge on any atom is 0.243 e. The van der Waals surface area contributed by atoms with Crippen molar-refractivity contribution in [1.29, 1.82) is 0 Å². The fraction of sp³-hybridized carbons (Fsp3) is 0.241. The number of carbonyl (C=O) groups is 1. The minimum absolute atomic E-state index is 0.122. The number of nitrogens with one attached hydrogen (secondary N) is 1. The maximum absolute atomic E-state index is 13.4. The van der Waals surface area contributed by atoms with Gasteiger partial charge in [0.05, 0.1) is 37.0 Å². The van der Waals surface area contributed by atoms with E-state index >= 15 is 0 Å². The molecule has 0 aliphatic rings. The Morgan fingerprint density at radius 3 is 2.25 bits per heavy atom. The van der Waals surface area contributed by atoms with Crippen molar-refractivity contribution in [2.75, 3.05) is 26.1 Å². The zero-order valence-electron chi connectivity index (χ0n) is 22.9. The molecule has 11 heteroatoms. The number of carbonyl (C=O) groups excluding carboxylic acids is 1. The van der Waals surface area contributed by atoms with Crippen LogP contribution in [0, 0.1) is 6.92 Å². The Balaban J connectivity index is 1.69. The molecule has 0 unspecified atom stereocenters. The fourth-order valence-corrected chi connectivity index (χ4v) is 5.82. The van der Waals surface area contributed by atoms with Crippen molar-refractivity contribution in [2.45, 2.75) is 31.7 Å². The number of methoxy groups -OCH3 is 2. The third kappa shape index (κ3) is 6.30. The van der Waals surface area contributed by atoms with Gasteiger partial charge in [-0.3, -0.25) is 14.7 Å². The van der Waals surface area contributed by atoms with E-state index in [1.165, 1.54) is 7.11 Å². The van der Waals surface area contributed by atoms with Crippen molar-refractivity contribution in [3.05, 3.63) is 83.5 Å². The van der Waals surface area contributed by atoms with Gasteiger partial charge < -0.3 is 9.47 Å². The summed E-state index contributed by atoms with van der Waals surface area (Å²) in [5, 5.41) is 3.39. The molecule has 1 heterocycles. The Morgan fingerprint density at radius 2 is 1.65 bits per heavy atom. The molecule has 1 aromatic heterocycles. The Morgan fingerprint density at radius 1 is 1.00 bits per heavy atom. The molecule has 1 N–H and O–H groups in total. The Kier molecular flexibility index (Phi) is 8.82. The summed E-state index contributed by atoms with van der Waals surface area (Å²) < 4.78 is 40.5. The average molecular weight is 583 g/mol. The molecular formula is C29H31ClN4O5S. The van der Waals surface area contributed by atoms with Gasteiger partial charge in [0, 0.05) is 28.9 Å². The number of sulfonamides is 1. The SMILES string of the molecule is COc1ccc(-n2cc(-c3ccc(Cl)cc3)nc2NC(=O)CN(C(C)C)S(=O)(=O)c2ccc(C)cc2)cc1OC. The molecule has 0 saturated heterocycles. The molecule has 0 fully saturated rings. The molecule has 0 atom stereocenters. The quantitative estimate of drug-likeness (QED) is 0.263. The number of benzene rings is 3. The number of nitrogens with zero attached hydrogens (tertiary/aromatic N) is 3. The lowest BCUT2D eigenvalue weighted by Gasteiger charge is -2.25. The van der Waals surface area contributed by atoms with Crippen molar-refractivity contribution in [3.8, 4) is 28.4 Å². The number of hydrogen-bond donors (Lipinski definition) is 1. The minimum Gasteiger partial charge on any atom is -0.493 e.